The maximum atomic E-state index is 11.8. The van der Waals surface area contributed by atoms with Gasteiger partial charge in [0.15, 0.2) is 0 Å². The third-order valence-electron chi connectivity index (χ3n) is 4.15. The Morgan fingerprint density at radius 2 is 1.95 bits per heavy atom. The van der Waals surface area contributed by atoms with E-state index in [-0.39, 0.29) is 18.4 Å². The van der Waals surface area contributed by atoms with Gasteiger partial charge in [0.1, 0.15) is 0 Å². The minimum Gasteiger partial charge on any atom is -0.388 e. The molecule has 1 saturated heterocycles. The van der Waals surface area contributed by atoms with Crippen molar-refractivity contribution in [3.8, 4) is 0 Å². The Labute approximate surface area is 114 Å². The highest BCUT2D eigenvalue weighted by atomic mass is 16.3. The number of nitrogens with zero attached hydrogens (tertiary/aromatic N) is 1. The Morgan fingerprint density at radius 1 is 1.21 bits per heavy atom. The number of hydrogen-bond donors (Lipinski definition) is 2. The molecule has 0 unspecified atom stereocenters. The molecule has 2 aliphatic rings. The summed E-state index contributed by atoms with van der Waals surface area (Å²) in [5.41, 5.74) is -0.736. The van der Waals surface area contributed by atoms with E-state index in [4.69, 9.17) is 0 Å². The summed E-state index contributed by atoms with van der Waals surface area (Å²) in [6.07, 6.45) is 7.19. The summed E-state index contributed by atoms with van der Waals surface area (Å²) < 4.78 is 0. The average Bonchev–Trinajstić information content (AvgIpc) is 2.40. The van der Waals surface area contributed by atoms with Gasteiger partial charge in [-0.05, 0) is 25.7 Å². The highest BCUT2D eigenvalue weighted by molar-refractivity contribution is 5.85. The SMILES string of the molecule is O=C(CN1CCCCC1=O)NCC1(O)CCCCC1. The Hall–Kier alpha value is -1.10. The van der Waals surface area contributed by atoms with Crippen LogP contribution in [0.1, 0.15) is 51.4 Å². The first-order chi connectivity index (χ1) is 9.09. The second kappa shape index (κ2) is 6.37. The van der Waals surface area contributed by atoms with Gasteiger partial charge < -0.3 is 15.3 Å². The summed E-state index contributed by atoms with van der Waals surface area (Å²) in [5, 5.41) is 13.1. The molecule has 2 N–H and O–H groups in total. The predicted molar refractivity (Wildman–Crippen MR) is 71.5 cm³/mol. The van der Waals surface area contributed by atoms with E-state index in [1.807, 2.05) is 0 Å². The zero-order valence-corrected chi connectivity index (χ0v) is 11.5. The lowest BCUT2D eigenvalue weighted by molar-refractivity contribution is -0.138. The van der Waals surface area contributed by atoms with Crippen LogP contribution in [0.2, 0.25) is 0 Å². The molecule has 1 aliphatic heterocycles. The largest absolute Gasteiger partial charge is 0.388 e. The van der Waals surface area contributed by atoms with E-state index in [0.717, 1.165) is 38.5 Å². The molecule has 0 bridgehead atoms. The number of amides is 2. The summed E-state index contributed by atoms with van der Waals surface area (Å²) >= 11 is 0. The Kier molecular flexibility index (Phi) is 4.80. The Bertz CT molecular complexity index is 338. The second-order valence-electron chi connectivity index (χ2n) is 5.83. The van der Waals surface area contributed by atoms with Gasteiger partial charge in [-0.3, -0.25) is 9.59 Å². The molecule has 2 amide bonds. The van der Waals surface area contributed by atoms with Crippen LogP contribution in [0, 0.1) is 0 Å². The van der Waals surface area contributed by atoms with Crippen molar-refractivity contribution in [3.63, 3.8) is 0 Å². The van der Waals surface area contributed by atoms with Crippen molar-refractivity contribution in [2.24, 2.45) is 0 Å². The molecule has 5 nitrogen and oxygen atoms in total. The Morgan fingerprint density at radius 3 is 2.63 bits per heavy atom. The summed E-state index contributed by atoms with van der Waals surface area (Å²) in [6, 6.07) is 0. The summed E-state index contributed by atoms with van der Waals surface area (Å²) in [5.74, 6) is -0.0907. The van der Waals surface area contributed by atoms with Crippen LogP contribution < -0.4 is 5.32 Å². The van der Waals surface area contributed by atoms with Crippen LogP contribution in [0.25, 0.3) is 0 Å². The predicted octanol–water partition coefficient (Wildman–Crippen LogP) is 0.810. The van der Waals surface area contributed by atoms with Gasteiger partial charge in [-0.25, -0.2) is 0 Å². The van der Waals surface area contributed by atoms with Gasteiger partial charge >= 0.3 is 0 Å². The number of likely N-dealkylation sites (tertiary alicyclic amines) is 1. The van der Waals surface area contributed by atoms with E-state index in [1.165, 1.54) is 6.42 Å². The van der Waals surface area contributed by atoms with E-state index in [1.54, 1.807) is 4.90 Å². The van der Waals surface area contributed by atoms with E-state index >= 15 is 0 Å². The first-order valence-corrected chi connectivity index (χ1v) is 7.36. The summed E-state index contributed by atoms with van der Waals surface area (Å²) in [4.78, 5) is 25.0. The molecule has 2 fully saturated rings. The van der Waals surface area contributed by atoms with Crippen LogP contribution in [0.15, 0.2) is 0 Å². The molecular weight excluding hydrogens is 244 g/mol. The number of carbonyl (C=O) groups is 2. The number of carbonyl (C=O) groups excluding carboxylic acids is 2. The number of piperidine rings is 1. The molecule has 0 aromatic rings. The quantitative estimate of drug-likeness (QED) is 0.792. The highest BCUT2D eigenvalue weighted by Gasteiger charge is 2.30. The monoisotopic (exact) mass is 268 g/mol. The lowest BCUT2D eigenvalue weighted by Crippen LogP contribution is -2.48. The summed E-state index contributed by atoms with van der Waals surface area (Å²) in [6.45, 7) is 1.12. The van der Waals surface area contributed by atoms with Crippen molar-refractivity contribution in [3.05, 3.63) is 0 Å². The molecule has 0 aromatic carbocycles. The van der Waals surface area contributed by atoms with Crippen molar-refractivity contribution in [2.75, 3.05) is 19.6 Å². The molecule has 108 valence electrons. The topological polar surface area (TPSA) is 69.6 Å². The van der Waals surface area contributed by atoms with E-state index in [2.05, 4.69) is 5.32 Å². The number of aliphatic hydroxyl groups is 1. The van der Waals surface area contributed by atoms with Gasteiger partial charge in [0.05, 0.1) is 12.1 Å². The average molecular weight is 268 g/mol. The van der Waals surface area contributed by atoms with Crippen LogP contribution in [-0.4, -0.2) is 47.1 Å². The Balaban J connectivity index is 1.73. The molecule has 1 heterocycles. The van der Waals surface area contributed by atoms with Crippen molar-refractivity contribution < 1.29 is 14.7 Å². The maximum absolute atomic E-state index is 11.8. The van der Waals surface area contributed by atoms with Crippen molar-refractivity contribution in [2.45, 2.75) is 57.0 Å². The van der Waals surface area contributed by atoms with Crippen molar-refractivity contribution >= 4 is 11.8 Å². The van der Waals surface area contributed by atoms with Crippen LogP contribution in [0.3, 0.4) is 0 Å². The molecule has 2 rings (SSSR count). The smallest absolute Gasteiger partial charge is 0.239 e. The van der Waals surface area contributed by atoms with E-state index in [0.29, 0.717) is 19.5 Å². The second-order valence-corrected chi connectivity index (χ2v) is 5.83. The maximum Gasteiger partial charge on any atom is 0.239 e. The molecule has 0 spiro atoms. The standard InChI is InChI=1S/C14H24N2O3/c17-12(10-16-9-5-2-6-13(16)18)15-11-14(19)7-3-1-4-8-14/h19H,1-11H2,(H,15,17). The van der Waals surface area contributed by atoms with Crippen LogP contribution in [-0.2, 0) is 9.59 Å². The third-order valence-corrected chi connectivity index (χ3v) is 4.15. The molecule has 5 heteroatoms. The fourth-order valence-corrected chi connectivity index (χ4v) is 2.91. The van der Waals surface area contributed by atoms with Crippen LogP contribution in [0.4, 0.5) is 0 Å². The third kappa shape index (κ3) is 4.20. The zero-order valence-electron chi connectivity index (χ0n) is 11.5. The van der Waals surface area contributed by atoms with E-state index < -0.39 is 5.60 Å². The van der Waals surface area contributed by atoms with Crippen molar-refractivity contribution in [1.29, 1.82) is 0 Å². The number of hydrogen-bond acceptors (Lipinski definition) is 3. The number of nitrogens with one attached hydrogen (secondary N) is 1. The molecule has 1 saturated carbocycles. The minimum atomic E-state index is -0.736. The molecule has 0 atom stereocenters. The van der Waals surface area contributed by atoms with Crippen LogP contribution >= 0.6 is 0 Å². The first kappa shape index (κ1) is 14.3. The van der Waals surface area contributed by atoms with Crippen molar-refractivity contribution in [1.82, 2.24) is 10.2 Å². The van der Waals surface area contributed by atoms with Gasteiger partial charge in [0.2, 0.25) is 11.8 Å². The van der Waals surface area contributed by atoms with Gasteiger partial charge in [0, 0.05) is 19.5 Å². The molecule has 0 aromatic heterocycles. The highest BCUT2D eigenvalue weighted by Crippen LogP contribution is 2.27. The summed E-state index contributed by atoms with van der Waals surface area (Å²) in [7, 11) is 0. The number of rotatable bonds is 4. The van der Waals surface area contributed by atoms with Crippen LogP contribution in [0.5, 0.6) is 0 Å². The fourth-order valence-electron chi connectivity index (χ4n) is 2.91. The molecular formula is C14H24N2O3. The molecule has 19 heavy (non-hydrogen) atoms. The normalized spacial score (nSPS) is 23.2. The van der Waals surface area contributed by atoms with Gasteiger partial charge in [0.25, 0.3) is 0 Å². The lowest BCUT2D eigenvalue weighted by atomic mass is 9.85. The van der Waals surface area contributed by atoms with Gasteiger partial charge in [-0.15, -0.1) is 0 Å². The molecule has 1 aliphatic carbocycles. The van der Waals surface area contributed by atoms with E-state index in [9.17, 15) is 14.7 Å². The molecule has 0 radical (unpaired) electrons. The minimum absolute atomic E-state index is 0.0674. The van der Waals surface area contributed by atoms with Gasteiger partial charge in [-0.2, -0.15) is 0 Å². The zero-order chi connectivity index (χ0) is 13.7. The lowest BCUT2D eigenvalue weighted by Gasteiger charge is -2.32. The first-order valence-electron chi connectivity index (χ1n) is 7.36. The van der Waals surface area contributed by atoms with Gasteiger partial charge in [-0.1, -0.05) is 19.3 Å². The fraction of sp³-hybridized carbons (Fsp3) is 0.857.